The van der Waals surface area contributed by atoms with E-state index in [1.165, 1.54) is 31.4 Å². The molecule has 0 saturated carbocycles. The number of nitrogens with one attached hydrogen (secondary N) is 5. The lowest BCUT2D eigenvalue weighted by atomic mass is 10.0. The van der Waals surface area contributed by atoms with Crippen LogP contribution in [0.15, 0.2) is 60.7 Å². The van der Waals surface area contributed by atoms with Crippen LogP contribution >= 0.6 is 11.6 Å². The SMILES string of the molecule is COC(=O)[C@@H](NC(=O)N[C@@H](Cc1ccccc1Cl)C(=O)N[C@H]1CCCCNC(=O)/C=C/[C@H](Cc2cccc(F)c2)NC1=O)C(C)C. The largest absolute Gasteiger partial charge is 0.467 e. The molecular weight excluding hydrogens is 617 g/mol. The lowest BCUT2D eigenvalue weighted by Gasteiger charge is -2.26. The zero-order chi connectivity index (χ0) is 33.6. The third-order valence-corrected chi connectivity index (χ3v) is 7.78. The first-order chi connectivity index (χ1) is 22.0. The van der Waals surface area contributed by atoms with E-state index in [4.69, 9.17) is 16.3 Å². The van der Waals surface area contributed by atoms with E-state index in [0.29, 0.717) is 35.5 Å². The fourth-order valence-corrected chi connectivity index (χ4v) is 5.13. The van der Waals surface area contributed by atoms with Crippen molar-refractivity contribution in [3.8, 4) is 0 Å². The van der Waals surface area contributed by atoms with Crippen molar-refractivity contribution in [2.45, 2.75) is 70.1 Å². The van der Waals surface area contributed by atoms with Crippen LogP contribution in [0.5, 0.6) is 0 Å². The lowest BCUT2D eigenvalue weighted by Crippen LogP contribution is -2.58. The molecule has 2 aromatic carbocycles. The predicted octanol–water partition coefficient (Wildman–Crippen LogP) is 2.96. The van der Waals surface area contributed by atoms with E-state index in [9.17, 15) is 28.4 Å². The van der Waals surface area contributed by atoms with E-state index in [2.05, 4.69) is 26.6 Å². The van der Waals surface area contributed by atoms with Crippen LogP contribution in [0.3, 0.4) is 0 Å². The van der Waals surface area contributed by atoms with Gasteiger partial charge in [-0.15, -0.1) is 0 Å². The molecule has 0 aliphatic carbocycles. The standard InChI is InChI=1S/C33H41ClFN5O6/c1-20(2)29(32(44)46-3)40-33(45)39-27(19-22-10-4-5-12-25(22)34)31(43)38-26-13-6-7-16-36-28(41)15-14-24(37-30(26)42)18-21-9-8-11-23(35)17-21/h4-5,8-12,14-15,17,20,24,26-27,29H,6-7,13,16,18-19H2,1-3H3,(H,36,41)(H,37,42)(H,38,43)(H2,39,40,45)/b15-14+/t24-,26+,27+,29+/m1/s1. The number of esters is 1. The number of rotatable bonds is 10. The molecule has 0 aromatic heterocycles. The van der Waals surface area contributed by atoms with Crippen LogP contribution in [-0.4, -0.2) is 67.5 Å². The molecule has 5 N–H and O–H groups in total. The predicted molar refractivity (Wildman–Crippen MR) is 171 cm³/mol. The smallest absolute Gasteiger partial charge is 0.328 e. The van der Waals surface area contributed by atoms with Gasteiger partial charge in [0.15, 0.2) is 0 Å². The van der Waals surface area contributed by atoms with Crippen LogP contribution in [-0.2, 0) is 36.8 Å². The van der Waals surface area contributed by atoms with Gasteiger partial charge in [0.25, 0.3) is 0 Å². The second-order valence-corrected chi connectivity index (χ2v) is 11.8. The Balaban J connectivity index is 1.83. The zero-order valence-corrected chi connectivity index (χ0v) is 26.9. The molecule has 3 rings (SSSR count). The van der Waals surface area contributed by atoms with Gasteiger partial charge in [0, 0.05) is 24.1 Å². The van der Waals surface area contributed by atoms with Crippen molar-refractivity contribution in [1.29, 1.82) is 0 Å². The number of halogens is 2. The molecule has 0 radical (unpaired) electrons. The second kappa shape index (κ2) is 17.9. The van der Waals surface area contributed by atoms with Gasteiger partial charge in [-0.2, -0.15) is 0 Å². The molecule has 5 amide bonds. The number of methoxy groups -OCH3 is 1. The molecule has 2 aromatic rings. The van der Waals surface area contributed by atoms with Crippen molar-refractivity contribution >= 4 is 41.3 Å². The van der Waals surface area contributed by atoms with Gasteiger partial charge in [0.05, 0.1) is 13.2 Å². The number of benzene rings is 2. The summed E-state index contributed by atoms with van der Waals surface area (Å²) in [6.07, 6.45) is 4.33. The highest BCUT2D eigenvalue weighted by atomic mass is 35.5. The number of amides is 5. The van der Waals surface area contributed by atoms with Gasteiger partial charge in [0.1, 0.15) is 23.9 Å². The number of hydrogen-bond donors (Lipinski definition) is 5. The fourth-order valence-electron chi connectivity index (χ4n) is 4.92. The Morgan fingerprint density at radius 2 is 1.83 bits per heavy atom. The van der Waals surface area contributed by atoms with Crippen molar-refractivity contribution in [1.82, 2.24) is 26.6 Å². The minimum absolute atomic E-state index is 0.00516. The minimum atomic E-state index is -1.18. The molecule has 1 aliphatic heterocycles. The molecule has 46 heavy (non-hydrogen) atoms. The molecule has 11 nitrogen and oxygen atoms in total. The molecule has 1 heterocycles. The maximum Gasteiger partial charge on any atom is 0.328 e. The van der Waals surface area contributed by atoms with E-state index < -0.39 is 53.8 Å². The summed E-state index contributed by atoms with van der Waals surface area (Å²) in [6.45, 7) is 3.84. The van der Waals surface area contributed by atoms with Crippen LogP contribution < -0.4 is 26.6 Å². The number of urea groups is 1. The van der Waals surface area contributed by atoms with Crippen molar-refractivity contribution in [3.05, 3.63) is 82.6 Å². The maximum absolute atomic E-state index is 13.9. The average molecular weight is 658 g/mol. The monoisotopic (exact) mass is 657 g/mol. The summed E-state index contributed by atoms with van der Waals surface area (Å²) in [4.78, 5) is 64.9. The van der Waals surface area contributed by atoms with Gasteiger partial charge in [-0.3, -0.25) is 14.4 Å². The number of ether oxygens (including phenoxy) is 1. The summed E-state index contributed by atoms with van der Waals surface area (Å²) in [7, 11) is 1.21. The third-order valence-electron chi connectivity index (χ3n) is 7.42. The van der Waals surface area contributed by atoms with Crippen molar-refractivity contribution in [2.24, 2.45) is 5.92 Å². The molecule has 0 bridgehead atoms. The van der Waals surface area contributed by atoms with Crippen molar-refractivity contribution in [3.63, 3.8) is 0 Å². The summed E-state index contributed by atoms with van der Waals surface area (Å²) in [5.41, 5.74) is 1.18. The van der Waals surface area contributed by atoms with Crippen molar-refractivity contribution in [2.75, 3.05) is 13.7 Å². The van der Waals surface area contributed by atoms with E-state index in [0.717, 1.165) is 0 Å². The average Bonchev–Trinajstić information content (AvgIpc) is 3.01. The zero-order valence-electron chi connectivity index (χ0n) is 26.1. The van der Waals surface area contributed by atoms with Gasteiger partial charge in [0.2, 0.25) is 17.7 Å². The highest BCUT2D eigenvalue weighted by Gasteiger charge is 2.31. The molecule has 0 unspecified atom stereocenters. The summed E-state index contributed by atoms with van der Waals surface area (Å²) in [5, 5.41) is 14.0. The first kappa shape index (κ1) is 36.0. The number of hydrogen-bond acceptors (Lipinski definition) is 6. The lowest BCUT2D eigenvalue weighted by molar-refractivity contribution is -0.144. The highest BCUT2D eigenvalue weighted by molar-refractivity contribution is 6.31. The van der Waals surface area contributed by atoms with Crippen LogP contribution in [0.1, 0.15) is 44.2 Å². The Morgan fingerprint density at radius 1 is 1.07 bits per heavy atom. The molecule has 1 aliphatic rings. The summed E-state index contributed by atoms with van der Waals surface area (Å²) in [5.74, 6) is -2.84. The quantitative estimate of drug-likeness (QED) is 0.248. The van der Waals surface area contributed by atoms with Crippen LogP contribution in [0.2, 0.25) is 5.02 Å². The van der Waals surface area contributed by atoms with E-state index in [1.54, 1.807) is 50.2 Å². The minimum Gasteiger partial charge on any atom is -0.467 e. The second-order valence-electron chi connectivity index (χ2n) is 11.4. The Morgan fingerprint density at radius 3 is 2.52 bits per heavy atom. The molecule has 248 valence electrons. The molecule has 4 atom stereocenters. The Labute approximate surface area is 273 Å². The van der Waals surface area contributed by atoms with Gasteiger partial charge in [-0.25, -0.2) is 14.0 Å². The Bertz CT molecular complexity index is 1420. The first-order valence-electron chi connectivity index (χ1n) is 15.2. The highest BCUT2D eigenvalue weighted by Crippen LogP contribution is 2.17. The van der Waals surface area contributed by atoms with Crippen LogP contribution in [0, 0.1) is 11.7 Å². The molecular formula is C33H41ClFN5O6. The van der Waals surface area contributed by atoms with E-state index in [1.807, 2.05) is 0 Å². The van der Waals surface area contributed by atoms with Gasteiger partial charge < -0.3 is 31.3 Å². The molecule has 13 heteroatoms. The Hall–Kier alpha value is -4.45. The summed E-state index contributed by atoms with van der Waals surface area (Å²) in [6, 6.07) is 8.15. The molecule has 0 fully saturated rings. The molecule has 0 saturated heterocycles. The summed E-state index contributed by atoms with van der Waals surface area (Å²) < 4.78 is 18.7. The van der Waals surface area contributed by atoms with Gasteiger partial charge in [-0.1, -0.05) is 61.9 Å². The van der Waals surface area contributed by atoms with Gasteiger partial charge in [-0.05, 0) is 60.9 Å². The maximum atomic E-state index is 13.9. The number of carbonyl (C=O) groups is 5. The van der Waals surface area contributed by atoms with Crippen molar-refractivity contribution < 1.29 is 33.1 Å². The van der Waals surface area contributed by atoms with E-state index >= 15 is 0 Å². The van der Waals surface area contributed by atoms with Crippen LogP contribution in [0.25, 0.3) is 0 Å². The summed E-state index contributed by atoms with van der Waals surface area (Å²) >= 11 is 6.37. The normalized spacial score (nSPS) is 19.3. The Kier molecular flexibility index (Phi) is 14.0. The molecule has 0 spiro atoms. The fraction of sp³-hybridized carbons (Fsp3) is 0.424. The van der Waals surface area contributed by atoms with E-state index in [-0.39, 0.29) is 31.1 Å². The topological polar surface area (TPSA) is 155 Å². The number of carbonyl (C=O) groups excluding carboxylic acids is 5. The van der Waals surface area contributed by atoms with Crippen LogP contribution in [0.4, 0.5) is 9.18 Å². The first-order valence-corrected chi connectivity index (χ1v) is 15.5. The van der Waals surface area contributed by atoms with Gasteiger partial charge >= 0.3 is 12.0 Å². The third kappa shape index (κ3) is 11.5.